The summed E-state index contributed by atoms with van der Waals surface area (Å²) in [6.45, 7) is 27.1. The van der Waals surface area contributed by atoms with Crippen molar-refractivity contribution < 1.29 is 27.5 Å². The van der Waals surface area contributed by atoms with Gasteiger partial charge < -0.3 is 22.8 Å². The molecule has 43 heavy (non-hydrogen) atoms. The minimum Gasteiger partial charge on any atom is -0.415 e. The maximum atomic E-state index is 12.7. The molecule has 0 saturated carbocycles. The van der Waals surface area contributed by atoms with Gasteiger partial charge >= 0.3 is 0 Å². The summed E-state index contributed by atoms with van der Waals surface area (Å²) in [7, 11) is -5.50. The van der Waals surface area contributed by atoms with Crippen molar-refractivity contribution in [3.8, 4) is 0 Å². The van der Waals surface area contributed by atoms with Crippen molar-refractivity contribution in [2.24, 2.45) is 11.8 Å². The highest BCUT2D eigenvalue weighted by Gasteiger charge is 2.51. The van der Waals surface area contributed by atoms with Gasteiger partial charge in [-0.1, -0.05) is 30.7 Å². The van der Waals surface area contributed by atoms with Crippen LogP contribution in [0.1, 0.15) is 33.6 Å². The van der Waals surface area contributed by atoms with Gasteiger partial charge in [-0.25, -0.2) is 0 Å². The fourth-order valence-electron chi connectivity index (χ4n) is 5.75. The number of para-hydroxylation sites is 1. The molecule has 0 unspecified atom stereocenters. The second-order valence-electron chi connectivity index (χ2n) is 15.4. The zero-order valence-corrected chi connectivity index (χ0v) is 31.7. The Kier molecular flexibility index (Phi) is 12.5. The molecule has 0 spiro atoms. The van der Waals surface area contributed by atoms with Crippen LogP contribution >= 0.6 is 0 Å². The monoisotopic (exact) mass is 650 g/mol. The summed E-state index contributed by atoms with van der Waals surface area (Å²) in [6, 6.07) is 9.57. The van der Waals surface area contributed by atoms with E-state index in [1.807, 2.05) is 37.3 Å². The normalized spacial score (nSPS) is 28.2. The van der Waals surface area contributed by atoms with E-state index in [0.29, 0.717) is 18.9 Å². The number of carbonyl (C=O) groups is 1. The van der Waals surface area contributed by atoms with E-state index in [0.717, 1.165) is 17.7 Å². The highest BCUT2D eigenvalue weighted by Crippen LogP contribution is 2.41. The van der Waals surface area contributed by atoms with Crippen molar-refractivity contribution in [2.45, 2.75) is 129 Å². The molecule has 2 aliphatic rings. The predicted octanol–water partition coefficient (Wildman–Crippen LogP) is 6.95. The number of hydrogen-bond donors (Lipinski definition) is 2. The average molecular weight is 651 g/mol. The van der Waals surface area contributed by atoms with Gasteiger partial charge in [0.05, 0.1) is 42.8 Å². The lowest BCUT2D eigenvalue weighted by Gasteiger charge is -2.47. The highest BCUT2D eigenvalue weighted by molar-refractivity contribution is 6.70. The SMILES string of the molecule is C/C(=C\C(=O)NNc1ccccc1)C[C@@H]1OC[C@H](C[C@@H]2O[C@H]2[C@@H](C)[C@H](C)O[Si](C)(C)C)[C@@H](O[Si](C)(C)C)[C@H]1O[Si](C)(C)C. The first-order valence-corrected chi connectivity index (χ1v) is 26.1. The maximum absolute atomic E-state index is 12.7. The third-order valence-electron chi connectivity index (χ3n) is 7.62. The van der Waals surface area contributed by atoms with Crippen LogP contribution in [0.2, 0.25) is 58.9 Å². The first kappa shape index (κ1) is 36.2. The number of hydrazine groups is 1. The maximum Gasteiger partial charge on any atom is 0.262 e. The zero-order chi connectivity index (χ0) is 32.2. The second kappa shape index (κ2) is 14.8. The van der Waals surface area contributed by atoms with E-state index in [1.54, 1.807) is 6.08 Å². The number of anilines is 1. The Hall–Kier alpha value is -1.32. The first-order chi connectivity index (χ1) is 19.8. The fourth-order valence-corrected chi connectivity index (χ4v) is 9.32. The highest BCUT2D eigenvalue weighted by atomic mass is 28.4. The van der Waals surface area contributed by atoms with Crippen LogP contribution in [-0.4, -0.2) is 74.1 Å². The van der Waals surface area contributed by atoms with Crippen molar-refractivity contribution in [2.75, 3.05) is 12.0 Å². The van der Waals surface area contributed by atoms with Crippen molar-refractivity contribution in [1.29, 1.82) is 0 Å². The summed E-state index contributed by atoms with van der Waals surface area (Å²) in [5, 5.41) is 0. The molecule has 0 radical (unpaired) electrons. The van der Waals surface area contributed by atoms with Gasteiger partial charge in [0.2, 0.25) is 0 Å². The molecule has 2 saturated heterocycles. The molecule has 8 atom stereocenters. The number of nitrogens with one attached hydrogen (secondary N) is 2. The van der Waals surface area contributed by atoms with Crippen LogP contribution in [0.5, 0.6) is 0 Å². The predicted molar refractivity (Wildman–Crippen MR) is 183 cm³/mol. The van der Waals surface area contributed by atoms with E-state index in [1.165, 1.54) is 0 Å². The molecule has 1 amide bonds. The van der Waals surface area contributed by atoms with Crippen LogP contribution in [0.4, 0.5) is 5.69 Å². The lowest BCUT2D eigenvalue weighted by molar-refractivity contribution is -0.152. The smallest absolute Gasteiger partial charge is 0.262 e. The molecule has 11 heteroatoms. The molecule has 2 aliphatic heterocycles. The van der Waals surface area contributed by atoms with Crippen molar-refractivity contribution in [1.82, 2.24) is 5.43 Å². The van der Waals surface area contributed by atoms with Gasteiger partial charge in [-0.3, -0.25) is 15.6 Å². The Balaban J connectivity index is 1.72. The molecule has 2 N–H and O–H groups in total. The molecule has 8 nitrogen and oxygen atoms in total. The van der Waals surface area contributed by atoms with Gasteiger partial charge in [0.15, 0.2) is 25.0 Å². The Labute approximate surface area is 264 Å². The first-order valence-electron chi connectivity index (χ1n) is 15.9. The molecule has 244 valence electrons. The molecule has 1 aromatic rings. The van der Waals surface area contributed by atoms with Gasteiger partial charge in [-0.15, -0.1) is 0 Å². The van der Waals surface area contributed by atoms with Gasteiger partial charge in [0.1, 0.15) is 0 Å². The van der Waals surface area contributed by atoms with E-state index in [2.05, 4.69) is 83.6 Å². The molecule has 2 fully saturated rings. The number of hydrogen-bond acceptors (Lipinski definition) is 7. The third kappa shape index (κ3) is 12.5. The summed E-state index contributed by atoms with van der Waals surface area (Å²) in [6.07, 6.45) is 3.15. The van der Waals surface area contributed by atoms with Crippen LogP contribution in [0.3, 0.4) is 0 Å². The minimum atomic E-state index is -1.96. The number of ether oxygens (including phenoxy) is 2. The summed E-state index contributed by atoms with van der Waals surface area (Å²) >= 11 is 0. The van der Waals surface area contributed by atoms with E-state index in [9.17, 15) is 4.79 Å². The molecule has 0 aromatic heterocycles. The van der Waals surface area contributed by atoms with Crippen LogP contribution in [-0.2, 0) is 27.5 Å². The van der Waals surface area contributed by atoms with Crippen LogP contribution in [0.25, 0.3) is 0 Å². The summed E-state index contributed by atoms with van der Waals surface area (Å²) in [4.78, 5) is 12.7. The van der Waals surface area contributed by atoms with Gasteiger partial charge in [0, 0.05) is 24.0 Å². The van der Waals surface area contributed by atoms with Gasteiger partial charge in [-0.05, 0) is 97.7 Å². The fraction of sp³-hybridized carbons (Fsp3) is 0.719. The molecule has 3 rings (SSSR count). The van der Waals surface area contributed by atoms with Crippen molar-refractivity contribution >= 4 is 36.5 Å². The number of rotatable bonds is 15. The molecule has 0 bridgehead atoms. The molecular formula is C32H58N2O6Si3. The third-order valence-corrected chi connectivity index (χ3v) is 10.7. The Bertz CT molecular complexity index is 1070. The topological polar surface area (TPSA) is 90.6 Å². The zero-order valence-electron chi connectivity index (χ0n) is 28.7. The number of carbonyl (C=O) groups excluding carboxylic acids is 1. The molecule has 0 aliphatic carbocycles. The Morgan fingerprint density at radius 2 is 1.53 bits per heavy atom. The second-order valence-corrected chi connectivity index (χ2v) is 28.7. The minimum absolute atomic E-state index is 0.0886. The number of benzene rings is 1. The largest absolute Gasteiger partial charge is 0.415 e. The molecule has 1 aromatic carbocycles. The van der Waals surface area contributed by atoms with Crippen molar-refractivity contribution in [3.05, 3.63) is 42.0 Å². The Morgan fingerprint density at radius 1 is 0.930 bits per heavy atom. The van der Waals surface area contributed by atoms with Crippen molar-refractivity contribution in [3.63, 3.8) is 0 Å². The van der Waals surface area contributed by atoms with E-state index < -0.39 is 25.0 Å². The van der Waals surface area contributed by atoms with Gasteiger partial charge in [0.25, 0.3) is 5.91 Å². The van der Waals surface area contributed by atoms with Crippen LogP contribution in [0, 0.1) is 11.8 Å². The van der Waals surface area contributed by atoms with E-state index in [-0.39, 0.29) is 48.4 Å². The summed E-state index contributed by atoms with van der Waals surface area (Å²) in [5.41, 5.74) is 7.47. The van der Waals surface area contributed by atoms with Gasteiger partial charge in [-0.2, -0.15) is 0 Å². The number of epoxide rings is 1. The molecule has 2 heterocycles. The van der Waals surface area contributed by atoms with Crippen LogP contribution in [0.15, 0.2) is 42.0 Å². The van der Waals surface area contributed by atoms with Crippen LogP contribution < -0.4 is 10.9 Å². The summed E-state index contributed by atoms with van der Waals surface area (Å²) < 4.78 is 33.0. The Morgan fingerprint density at radius 3 is 2.12 bits per heavy atom. The van der Waals surface area contributed by atoms with E-state index in [4.69, 9.17) is 22.8 Å². The average Bonchev–Trinajstić information content (AvgIpc) is 3.63. The van der Waals surface area contributed by atoms with E-state index >= 15 is 0 Å². The lowest BCUT2D eigenvalue weighted by atomic mass is 9.85. The molecular weight excluding hydrogens is 593 g/mol. The quantitative estimate of drug-likeness (QED) is 0.0919. The number of amides is 1. The lowest BCUT2D eigenvalue weighted by Crippen LogP contribution is -2.58. The standard InChI is InChI=1S/C32H58N2O6Si3/c1-22(19-29(35)34-33-26-16-14-13-15-17-26)18-27-32(40-43(10,11)12)31(39-42(7,8)9)25(21-36-27)20-28-30(37-28)23(2)24(3)38-41(4,5)6/h13-17,19,23-25,27-28,30-33H,18,20-21H2,1-12H3,(H,34,35)/b22-19+/t23-,24-,25-,27-,28-,30-,31+,32-/m0/s1. The summed E-state index contributed by atoms with van der Waals surface area (Å²) in [5.74, 6) is 0.295.